The van der Waals surface area contributed by atoms with Gasteiger partial charge in [-0.2, -0.15) is 4.31 Å². The molecule has 0 aromatic heterocycles. The Morgan fingerprint density at radius 3 is 2.00 bits per heavy atom. The van der Waals surface area contributed by atoms with Gasteiger partial charge in [0.15, 0.2) is 0 Å². The average molecular weight is 415 g/mol. The highest BCUT2D eigenvalue weighted by Gasteiger charge is 2.30. The molecule has 0 amide bonds. The maximum atomic E-state index is 12.8. The van der Waals surface area contributed by atoms with Crippen molar-refractivity contribution in [3.63, 3.8) is 0 Å². The van der Waals surface area contributed by atoms with Gasteiger partial charge in [0.05, 0.1) is 9.79 Å². The van der Waals surface area contributed by atoms with E-state index in [-0.39, 0.29) is 15.8 Å². The first-order chi connectivity index (χ1) is 12.7. The Kier molecular flexibility index (Phi) is 6.30. The first kappa shape index (κ1) is 20.8. The zero-order valence-corrected chi connectivity index (χ0v) is 17.7. The molecule has 1 N–H and O–H groups in total. The van der Waals surface area contributed by atoms with Crippen LogP contribution in [0.4, 0.5) is 0 Å². The summed E-state index contributed by atoms with van der Waals surface area (Å²) in [7, 11) is -7.21. The highest BCUT2D eigenvalue weighted by atomic mass is 32.2. The second kappa shape index (κ2) is 8.19. The van der Waals surface area contributed by atoms with E-state index in [1.165, 1.54) is 28.6 Å². The minimum absolute atomic E-state index is 0.0532. The van der Waals surface area contributed by atoms with Crippen LogP contribution in [-0.2, 0) is 20.0 Å². The molecule has 1 aliphatic carbocycles. The highest BCUT2D eigenvalue weighted by molar-refractivity contribution is 7.89. The Morgan fingerprint density at radius 1 is 0.852 bits per heavy atom. The van der Waals surface area contributed by atoms with Crippen molar-refractivity contribution in [2.45, 2.75) is 68.2 Å². The van der Waals surface area contributed by atoms with Crippen molar-refractivity contribution in [2.24, 2.45) is 11.8 Å². The molecule has 0 bridgehead atoms. The molecule has 1 aromatic rings. The van der Waals surface area contributed by atoms with Gasteiger partial charge in [0.25, 0.3) is 0 Å². The number of nitrogens with zero attached hydrogens (tertiary/aromatic N) is 1. The van der Waals surface area contributed by atoms with Crippen LogP contribution < -0.4 is 4.72 Å². The van der Waals surface area contributed by atoms with Gasteiger partial charge in [-0.1, -0.05) is 26.7 Å². The molecular weight excluding hydrogens is 384 g/mol. The number of hydrogen-bond acceptors (Lipinski definition) is 4. The second-order valence-corrected chi connectivity index (χ2v) is 11.7. The monoisotopic (exact) mass is 414 g/mol. The Balaban J connectivity index is 1.74. The van der Waals surface area contributed by atoms with Gasteiger partial charge in [-0.25, -0.2) is 21.6 Å². The molecule has 6 nitrogen and oxygen atoms in total. The summed E-state index contributed by atoms with van der Waals surface area (Å²) in [5, 5.41) is 0. The number of nitrogens with one attached hydrogen (secondary N) is 1. The summed E-state index contributed by atoms with van der Waals surface area (Å²) in [5.74, 6) is 0.854. The molecule has 3 rings (SSSR count). The van der Waals surface area contributed by atoms with Gasteiger partial charge in [-0.05, 0) is 61.8 Å². The molecule has 1 saturated carbocycles. The largest absolute Gasteiger partial charge is 0.243 e. The van der Waals surface area contributed by atoms with Crippen LogP contribution in [0.2, 0.25) is 0 Å². The molecule has 2 atom stereocenters. The van der Waals surface area contributed by atoms with Crippen molar-refractivity contribution in [2.75, 3.05) is 13.1 Å². The van der Waals surface area contributed by atoms with Crippen LogP contribution in [0, 0.1) is 11.8 Å². The van der Waals surface area contributed by atoms with Gasteiger partial charge >= 0.3 is 0 Å². The van der Waals surface area contributed by atoms with Gasteiger partial charge in [-0.3, -0.25) is 0 Å². The van der Waals surface area contributed by atoms with Crippen molar-refractivity contribution in [1.82, 2.24) is 9.03 Å². The van der Waals surface area contributed by atoms with E-state index in [9.17, 15) is 16.8 Å². The van der Waals surface area contributed by atoms with Crippen molar-refractivity contribution in [3.05, 3.63) is 24.3 Å². The maximum absolute atomic E-state index is 12.8. The zero-order chi connectivity index (χ0) is 19.7. The predicted molar refractivity (Wildman–Crippen MR) is 105 cm³/mol. The molecular formula is C19H30N2O4S2. The molecule has 1 aromatic carbocycles. The summed E-state index contributed by atoms with van der Waals surface area (Å²) in [4.78, 5) is 0.272. The van der Waals surface area contributed by atoms with Gasteiger partial charge in [0.2, 0.25) is 20.0 Å². The van der Waals surface area contributed by atoms with Crippen LogP contribution in [0.5, 0.6) is 0 Å². The smallest absolute Gasteiger partial charge is 0.208 e. The molecule has 2 aliphatic rings. The Bertz CT molecular complexity index is 842. The zero-order valence-electron chi connectivity index (χ0n) is 16.1. The first-order valence-corrected chi connectivity index (χ1v) is 12.7. The van der Waals surface area contributed by atoms with E-state index in [2.05, 4.69) is 18.6 Å². The number of hydrogen-bond donors (Lipinski definition) is 1. The molecule has 0 unspecified atom stereocenters. The molecule has 1 saturated heterocycles. The molecule has 1 heterocycles. The third kappa shape index (κ3) is 4.72. The van der Waals surface area contributed by atoms with Crippen LogP contribution in [0.3, 0.4) is 0 Å². The number of rotatable bonds is 5. The summed E-state index contributed by atoms with van der Waals surface area (Å²) >= 11 is 0. The summed E-state index contributed by atoms with van der Waals surface area (Å²) < 4.78 is 55.2. The minimum Gasteiger partial charge on any atom is -0.208 e. The molecule has 0 radical (unpaired) electrons. The van der Waals surface area contributed by atoms with Crippen LogP contribution in [0.15, 0.2) is 34.1 Å². The number of sulfonamides is 2. The van der Waals surface area contributed by atoms with E-state index in [1.807, 2.05) is 0 Å². The number of benzene rings is 1. The molecule has 1 aliphatic heterocycles. The van der Waals surface area contributed by atoms with Crippen LogP contribution in [0.1, 0.15) is 52.4 Å². The van der Waals surface area contributed by atoms with Crippen LogP contribution >= 0.6 is 0 Å². The molecule has 2 fully saturated rings. The summed E-state index contributed by atoms with van der Waals surface area (Å²) in [6.07, 6.45) is 5.76. The lowest BCUT2D eigenvalue weighted by atomic mass is 9.87. The van der Waals surface area contributed by atoms with Gasteiger partial charge in [0, 0.05) is 19.1 Å². The first-order valence-electron chi connectivity index (χ1n) is 9.83. The Morgan fingerprint density at radius 2 is 1.41 bits per heavy atom. The van der Waals surface area contributed by atoms with Gasteiger partial charge in [-0.15, -0.1) is 0 Å². The SMILES string of the molecule is CC1CCN(S(=O)(=O)c2ccc(S(=O)(=O)N[C@H]3CCCC[C@H]3C)cc2)CC1. The molecule has 152 valence electrons. The minimum atomic E-state index is -3.65. The fourth-order valence-corrected chi connectivity index (χ4v) is 6.77. The molecule has 27 heavy (non-hydrogen) atoms. The molecule has 0 spiro atoms. The lowest BCUT2D eigenvalue weighted by Crippen LogP contribution is -2.41. The highest BCUT2D eigenvalue weighted by Crippen LogP contribution is 2.27. The summed E-state index contributed by atoms with van der Waals surface area (Å²) in [6, 6.07) is 5.56. The average Bonchev–Trinajstić information content (AvgIpc) is 2.64. The number of piperidine rings is 1. The van der Waals surface area contributed by atoms with E-state index in [4.69, 9.17) is 0 Å². The van der Waals surface area contributed by atoms with Gasteiger partial charge < -0.3 is 0 Å². The standard InChI is InChI=1S/C19H30N2O4S2/c1-15-11-13-21(14-12-15)27(24,25)18-9-7-17(8-10-18)26(22,23)20-19-6-4-3-5-16(19)2/h7-10,15-16,19-20H,3-6,11-14H2,1-2H3/t16-,19+/m1/s1. The predicted octanol–water partition coefficient (Wildman–Crippen LogP) is 2.96. The third-order valence-corrected chi connectivity index (χ3v) is 9.35. The second-order valence-electron chi connectivity index (χ2n) is 8.05. The molecule has 8 heteroatoms. The van der Waals surface area contributed by atoms with Crippen molar-refractivity contribution in [3.8, 4) is 0 Å². The van der Waals surface area contributed by atoms with Crippen molar-refractivity contribution >= 4 is 20.0 Å². The normalized spacial score (nSPS) is 26.1. The quantitative estimate of drug-likeness (QED) is 0.803. The fourth-order valence-electron chi connectivity index (χ4n) is 3.92. The fraction of sp³-hybridized carbons (Fsp3) is 0.684. The van der Waals surface area contributed by atoms with E-state index in [0.29, 0.717) is 24.9 Å². The topological polar surface area (TPSA) is 83.6 Å². The maximum Gasteiger partial charge on any atom is 0.243 e. The summed E-state index contributed by atoms with van der Waals surface area (Å²) in [6.45, 7) is 5.24. The van der Waals surface area contributed by atoms with E-state index in [0.717, 1.165) is 38.5 Å². The van der Waals surface area contributed by atoms with E-state index < -0.39 is 20.0 Å². The van der Waals surface area contributed by atoms with E-state index >= 15 is 0 Å². The van der Waals surface area contributed by atoms with Crippen LogP contribution in [-0.4, -0.2) is 40.3 Å². The Labute approximate surface area is 163 Å². The lowest BCUT2D eigenvalue weighted by Gasteiger charge is -2.30. The van der Waals surface area contributed by atoms with E-state index in [1.54, 1.807) is 0 Å². The third-order valence-electron chi connectivity index (χ3n) is 5.93. The van der Waals surface area contributed by atoms with Crippen LogP contribution in [0.25, 0.3) is 0 Å². The van der Waals surface area contributed by atoms with Crippen molar-refractivity contribution in [1.29, 1.82) is 0 Å². The van der Waals surface area contributed by atoms with Gasteiger partial charge in [0.1, 0.15) is 0 Å². The summed E-state index contributed by atoms with van der Waals surface area (Å²) in [5.41, 5.74) is 0. The lowest BCUT2D eigenvalue weighted by molar-refractivity contribution is 0.288. The Hall–Kier alpha value is -0.960. The van der Waals surface area contributed by atoms with Crippen molar-refractivity contribution < 1.29 is 16.8 Å².